The minimum atomic E-state index is -3.36. The number of nitrogens with zero attached hydrogens (tertiary/aromatic N) is 2. The lowest BCUT2D eigenvalue weighted by atomic mass is 10.2. The van der Waals surface area contributed by atoms with Crippen LogP contribution in [-0.4, -0.2) is 29.5 Å². The number of benzene rings is 1. The van der Waals surface area contributed by atoms with E-state index < -0.39 is 15.9 Å². The average molecular weight is 368 g/mol. The van der Waals surface area contributed by atoms with E-state index in [-0.39, 0.29) is 21.9 Å². The Morgan fingerprint density at radius 1 is 1.29 bits per heavy atom. The van der Waals surface area contributed by atoms with Crippen LogP contribution in [0.2, 0.25) is 5.28 Å². The number of anilines is 3. The fourth-order valence-corrected chi connectivity index (χ4v) is 3.57. The van der Waals surface area contributed by atoms with Gasteiger partial charge in [-0.25, -0.2) is 13.4 Å². The van der Waals surface area contributed by atoms with Crippen LogP contribution in [0.1, 0.15) is 23.2 Å². The van der Waals surface area contributed by atoms with Gasteiger partial charge in [0.15, 0.2) is 0 Å². The van der Waals surface area contributed by atoms with E-state index >= 15 is 0 Å². The quantitative estimate of drug-likeness (QED) is 0.669. The molecule has 0 aliphatic heterocycles. The molecule has 1 aliphatic carbocycles. The van der Waals surface area contributed by atoms with E-state index in [4.69, 9.17) is 17.3 Å². The largest absolute Gasteiger partial charge is 0.365 e. The van der Waals surface area contributed by atoms with Gasteiger partial charge in [0.1, 0.15) is 11.4 Å². The first-order valence-corrected chi connectivity index (χ1v) is 8.98. The third kappa shape index (κ3) is 3.74. The highest BCUT2D eigenvalue weighted by molar-refractivity contribution is 7.93. The Bertz CT molecular complexity index is 899. The van der Waals surface area contributed by atoms with Crippen LogP contribution >= 0.6 is 11.6 Å². The molecule has 1 aliphatic rings. The van der Waals surface area contributed by atoms with Gasteiger partial charge in [-0.2, -0.15) is 4.98 Å². The summed E-state index contributed by atoms with van der Waals surface area (Å²) in [6.07, 6.45) is 2.57. The van der Waals surface area contributed by atoms with Crippen molar-refractivity contribution in [3.05, 3.63) is 41.3 Å². The molecule has 1 amide bonds. The minimum absolute atomic E-state index is 0.0481. The second-order valence-corrected chi connectivity index (χ2v) is 7.62. The lowest BCUT2D eigenvalue weighted by Gasteiger charge is -2.11. The van der Waals surface area contributed by atoms with Crippen molar-refractivity contribution < 1.29 is 13.2 Å². The van der Waals surface area contributed by atoms with Gasteiger partial charge in [0.05, 0.1) is 10.9 Å². The van der Waals surface area contributed by atoms with Gasteiger partial charge in [-0.3, -0.25) is 9.52 Å². The van der Waals surface area contributed by atoms with E-state index in [1.54, 1.807) is 24.3 Å². The van der Waals surface area contributed by atoms with Crippen LogP contribution < -0.4 is 15.8 Å². The smallest absolute Gasteiger partial charge is 0.254 e. The van der Waals surface area contributed by atoms with Crippen LogP contribution in [0, 0.1) is 0 Å². The molecule has 4 N–H and O–H groups in total. The molecule has 1 fully saturated rings. The van der Waals surface area contributed by atoms with Crippen LogP contribution in [0.4, 0.5) is 17.2 Å². The maximum Gasteiger partial charge on any atom is 0.254 e. The zero-order valence-electron chi connectivity index (χ0n) is 12.4. The topological polar surface area (TPSA) is 127 Å². The summed E-state index contributed by atoms with van der Waals surface area (Å²) in [7, 11) is -3.36. The summed E-state index contributed by atoms with van der Waals surface area (Å²) in [4.78, 5) is 19.1. The van der Waals surface area contributed by atoms with Crippen molar-refractivity contribution in [2.24, 2.45) is 5.73 Å². The zero-order valence-corrected chi connectivity index (χ0v) is 13.9. The Morgan fingerprint density at radius 2 is 2.00 bits per heavy atom. The third-order valence-corrected chi connectivity index (χ3v) is 5.42. The van der Waals surface area contributed by atoms with Crippen molar-refractivity contribution in [2.75, 3.05) is 10.0 Å². The Labute approximate surface area is 143 Å². The molecule has 8 nitrogen and oxygen atoms in total. The van der Waals surface area contributed by atoms with E-state index in [1.165, 1.54) is 6.20 Å². The molecule has 1 saturated carbocycles. The molecular formula is C14H14ClN5O3S. The number of aromatic nitrogens is 2. The normalized spacial score (nSPS) is 14.2. The highest BCUT2D eigenvalue weighted by atomic mass is 35.5. The number of carbonyl (C=O) groups excluding carboxylic acids is 1. The van der Waals surface area contributed by atoms with E-state index in [1.807, 2.05) is 0 Å². The Balaban J connectivity index is 1.85. The number of sulfonamides is 1. The van der Waals surface area contributed by atoms with Crippen molar-refractivity contribution in [3.8, 4) is 0 Å². The van der Waals surface area contributed by atoms with Gasteiger partial charge >= 0.3 is 0 Å². The molecule has 24 heavy (non-hydrogen) atoms. The minimum Gasteiger partial charge on any atom is -0.365 e. The maximum atomic E-state index is 12.0. The molecule has 2 aromatic rings. The van der Waals surface area contributed by atoms with Crippen LogP contribution in [0.5, 0.6) is 0 Å². The number of amides is 1. The standard InChI is InChI=1S/C14H14ClN5O3S/c15-14-17-7-11(12(16)21)13(19-14)18-8-2-1-3-9(6-8)20-24(22,23)10-4-5-10/h1-3,6-7,10,20H,4-5H2,(H2,16,21)(H,17,18,19). The molecule has 3 rings (SSSR count). The third-order valence-electron chi connectivity index (χ3n) is 3.37. The van der Waals surface area contributed by atoms with Crippen LogP contribution in [0.3, 0.4) is 0 Å². The summed E-state index contributed by atoms with van der Waals surface area (Å²) in [5, 5.41) is 2.52. The highest BCUT2D eigenvalue weighted by Gasteiger charge is 2.35. The SMILES string of the molecule is NC(=O)c1cnc(Cl)nc1Nc1cccc(NS(=O)(=O)C2CC2)c1. The van der Waals surface area contributed by atoms with Gasteiger partial charge in [0.2, 0.25) is 15.3 Å². The van der Waals surface area contributed by atoms with Gasteiger partial charge in [0, 0.05) is 11.9 Å². The molecular weight excluding hydrogens is 354 g/mol. The number of carbonyl (C=O) groups is 1. The predicted molar refractivity (Wildman–Crippen MR) is 90.8 cm³/mol. The molecule has 0 atom stereocenters. The maximum absolute atomic E-state index is 12.0. The molecule has 10 heteroatoms. The van der Waals surface area contributed by atoms with Crippen LogP contribution in [-0.2, 0) is 10.0 Å². The second kappa shape index (κ2) is 6.25. The van der Waals surface area contributed by atoms with Gasteiger partial charge in [-0.15, -0.1) is 0 Å². The summed E-state index contributed by atoms with van der Waals surface area (Å²) < 4.78 is 26.5. The van der Waals surface area contributed by atoms with Crippen molar-refractivity contribution >= 4 is 44.7 Å². The van der Waals surface area contributed by atoms with Gasteiger partial charge < -0.3 is 11.1 Å². The summed E-state index contributed by atoms with van der Waals surface area (Å²) in [6.45, 7) is 0. The molecule has 0 unspecified atom stereocenters. The molecule has 1 aromatic carbocycles. The number of nitrogens with two attached hydrogens (primary N) is 1. The number of halogens is 1. The summed E-state index contributed by atoms with van der Waals surface area (Å²) in [5.41, 5.74) is 6.28. The Hall–Kier alpha value is -2.39. The molecule has 0 saturated heterocycles. The molecule has 0 bridgehead atoms. The van der Waals surface area contributed by atoms with Gasteiger partial charge in [0.25, 0.3) is 5.91 Å². The van der Waals surface area contributed by atoms with Gasteiger partial charge in [-0.1, -0.05) is 6.07 Å². The second-order valence-electron chi connectivity index (χ2n) is 5.32. The van der Waals surface area contributed by atoms with Crippen molar-refractivity contribution in [2.45, 2.75) is 18.1 Å². The molecule has 126 valence electrons. The summed E-state index contributed by atoms with van der Waals surface area (Å²) in [6, 6.07) is 6.57. The summed E-state index contributed by atoms with van der Waals surface area (Å²) >= 11 is 5.74. The lowest BCUT2D eigenvalue weighted by Crippen LogP contribution is -2.17. The fraction of sp³-hybridized carbons (Fsp3) is 0.214. The fourth-order valence-electron chi connectivity index (χ4n) is 2.06. The first kappa shape index (κ1) is 16.5. The van der Waals surface area contributed by atoms with E-state index in [0.717, 1.165) is 0 Å². The van der Waals surface area contributed by atoms with Crippen molar-refractivity contribution in [1.82, 2.24) is 9.97 Å². The predicted octanol–water partition coefficient (Wildman–Crippen LogP) is 1.88. The number of hydrogen-bond acceptors (Lipinski definition) is 6. The average Bonchev–Trinajstić information content (AvgIpc) is 3.32. The molecule has 1 aromatic heterocycles. The van der Waals surface area contributed by atoms with Crippen molar-refractivity contribution in [3.63, 3.8) is 0 Å². The lowest BCUT2D eigenvalue weighted by molar-refractivity contribution is 0.100. The van der Waals surface area contributed by atoms with Crippen molar-refractivity contribution in [1.29, 1.82) is 0 Å². The number of hydrogen-bond donors (Lipinski definition) is 3. The number of rotatable bonds is 6. The van der Waals surface area contributed by atoms with Crippen LogP contribution in [0.25, 0.3) is 0 Å². The van der Waals surface area contributed by atoms with Gasteiger partial charge in [-0.05, 0) is 42.6 Å². The molecule has 0 radical (unpaired) electrons. The monoisotopic (exact) mass is 367 g/mol. The first-order chi connectivity index (χ1) is 11.3. The van der Waals surface area contributed by atoms with E-state index in [2.05, 4.69) is 20.0 Å². The molecule has 1 heterocycles. The van der Waals surface area contributed by atoms with E-state index in [0.29, 0.717) is 24.2 Å². The summed E-state index contributed by atoms with van der Waals surface area (Å²) in [5.74, 6) is -0.565. The first-order valence-electron chi connectivity index (χ1n) is 7.06. The Morgan fingerprint density at radius 3 is 2.67 bits per heavy atom. The molecule has 0 spiro atoms. The van der Waals surface area contributed by atoms with Crippen LogP contribution in [0.15, 0.2) is 30.5 Å². The Kier molecular flexibility index (Phi) is 4.29. The number of nitrogens with one attached hydrogen (secondary N) is 2. The van der Waals surface area contributed by atoms with E-state index in [9.17, 15) is 13.2 Å². The number of primary amides is 1. The zero-order chi connectivity index (χ0) is 17.3. The highest BCUT2D eigenvalue weighted by Crippen LogP contribution is 2.30.